The second-order valence-corrected chi connectivity index (χ2v) is 6.77. The number of hydrogen-bond donors (Lipinski definition) is 0. The van der Waals surface area contributed by atoms with Crippen LogP contribution < -0.4 is 0 Å². The maximum atomic E-state index is 12.2. The number of rotatable bonds is 7. The van der Waals surface area contributed by atoms with Crippen molar-refractivity contribution in [2.24, 2.45) is 0 Å². The van der Waals surface area contributed by atoms with Crippen molar-refractivity contribution in [3.05, 3.63) is 12.0 Å². The van der Waals surface area contributed by atoms with Gasteiger partial charge in [-0.15, -0.1) is 5.10 Å². The zero-order chi connectivity index (χ0) is 17.0. The number of carbonyl (C=O) groups is 1. The molecule has 1 saturated carbocycles. The fourth-order valence-electron chi connectivity index (χ4n) is 3.97. The van der Waals surface area contributed by atoms with Gasteiger partial charge in [-0.25, -0.2) is 4.79 Å². The Balaban J connectivity index is 1.85. The van der Waals surface area contributed by atoms with E-state index in [2.05, 4.69) is 27.3 Å². The van der Waals surface area contributed by atoms with E-state index in [1.165, 1.54) is 45.6 Å². The van der Waals surface area contributed by atoms with Gasteiger partial charge in [-0.2, -0.15) is 4.68 Å². The lowest BCUT2D eigenvalue weighted by molar-refractivity contribution is -0.134. The van der Waals surface area contributed by atoms with Gasteiger partial charge in [0.25, 0.3) is 0 Å². The van der Waals surface area contributed by atoms with Gasteiger partial charge in [0, 0.05) is 12.7 Å². The highest BCUT2D eigenvalue weighted by molar-refractivity contribution is 6.09. The van der Waals surface area contributed by atoms with E-state index >= 15 is 0 Å². The van der Waals surface area contributed by atoms with E-state index in [0.717, 1.165) is 31.6 Å². The van der Waals surface area contributed by atoms with Gasteiger partial charge < -0.3 is 9.64 Å². The number of hydrogen-bond acceptors (Lipinski definition) is 6. The largest absolute Gasteiger partial charge is 0.464 e. The minimum absolute atomic E-state index is 0.161. The molecule has 0 bridgehead atoms. The SMILES string of the molecule is CCCCCCCN1C=C(C(=O)OC)n2nnnc2C12CCCC2. The summed E-state index contributed by atoms with van der Waals surface area (Å²) in [6.45, 7) is 3.15. The Morgan fingerprint density at radius 1 is 1.25 bits per heavy atom. The molecule has 7 heteroatoms. The first-order valence-corrected chi connectivity index (χ1v) is 9.09. The third-order valence-corrected chi connectivity index (χ3v) is 5.27. The minimum atomic E-state index is -0.396. The van der Waals surface area contributed by atoms with Gasteiger partial charge in [0.1, 0.15) is 5.54 Å². The Bertz CT molecular complexity index is 604. The highest BCUT2D eigenvalue weighted by atomic mass is 16.5. The average molecular weight is 333 g/mol. The van der Waals surface area contributed by atoms with E-state index in [-0.39, 0.29) is 5.54 Å². The first-order chi connectivity index (χ1) is 11.7. The Morgan fingerprint density at radius 2 is 2.00 bits per heavy atom. The molecule has 1 aromatic heterocycles. The van der Waals surface area contributed by atoms with Crippen LogP contribution in [-0.2, 0) is 15.1 Å². The Hall–Kier alpha value is -1.92. The van der Waals surface area contributed by atoms with Gasteiger partial charge in [-0.05, 0) is 29.7 Å². The van der Waals surface area contributed by atoms with Crippen molar-refractivity contribution < 1.29 is 9.53 Å². The number of fused-ring (bicyclic) bond motifs is 2. The molecule has 2 aliphatic rings. The van der Waals surface area contributed by atoms with E-state index in [4.69, 9.17) is 4.74 Å². The molecule has 1 spiro atoms. The number of methoxy groups -OCH3 is 1. The first kappa shape index (κ1) is 16.9. The highest BCUT2D eigenvalue weighted by Crippen LogP contribution is 2.46. The van der Waals surface area contributed by atoms with Crippen molar-refractivity contribution in [2.45, 2.75) is 70.3 Å². The van der Waals surface area contributed by atoms with Crippen molar-refractivity contribution in [1.82, 2.24) is 25.1 Å². The van der Waals surface area contributed by atoms with Gasteiger partial charge in [0.2, 0.25) is 0 Å². The minimum Gasteiger partial charge on any atom is -0.464 e. The second kappa shape index (κ2) is 7.32. The van der Waals surface area contributed by atoms with E-state index < -0.39 is 5.97 Å². The summed E-state index contributed by atoms with van der Waals surface area (Å²) in [7, 11) is 1.39. The molecular weight excluding hydrogens is 306 g/mol. The summed E-state index contributed by atoms with van der Waals surface area (Å²) in [5.74, 6) is 0.392. The molecule has 1 aromatic rings. The Morgan fingerprint density at radius 3 is 2.71 bits per heavy atom. The number of nitrogens with zero attached hydrogens (tertiary/aromatic N) is 5. The van der Waals surface area contributed by atoms with Gasteiger partial charge in [-0.1, -0.05) is 45.4 Å². The van der Waals surface area contributed by atoms with Crippen molar-refractivity contribution in [2.75, 3.05) is 13.7 Å². The third-order valence-electron chi connectivity index (χ3n) is 5.27. The lowest BCUT2D eigenvalue weighted by Gasteiger charge is -2.42. The summed E-state index contributed by atoms with van der Waals surface area (Å²) in [4.78, 5) is 14.5. The van der Waals surface area contributed by atoms with Crippen molar-refractivity contribution in [1.29, 1.82) is 0 Å². The standard InChI is InChI=1S/C17H27N5O2/c1-3-4-5-6-9-12-21-13-14(15(23)24-2)22-16(18-19-20-22)17(21)10-7-8-11-17/h13H,3-12H2,1-2H3. The molecule has 0 saturated heterocycles. The maximum Gasteiger partial charge on any atom is 0.358 e. The van der Waals surface area contributed by atoms with Gasteiger partial charge in [-0.3, -0.25) is 0 Å². The van der Waals surface area contributed by atoms with E-state index in [1.54, 1.807) is 4.68 Å². The Kier molecular flexibility index (Phi) is 5.16. The number of ether oxygens (including phenoxy) is 1. The normalized spacial score (nSPS) is 18.6. The molecular formula is C17H27N5O2. The summed E-state index contributed by atoms with van der Waals surface area (Å²) in [6.07, 6.45) is 12.5. The van der Waals surface area contributed by atoms with Crippen molar-refractivity contribution >= 4 is 11.7 Å². The smallest absolute Gasteiger partial charge is 0.358 e. The second-order valence-electron chi connectivity index (χ2n) is 6.77. The number of tetrazole rings is 1. The van der Waals surface area contributed by atoms with Crippen LogP contribution in [0, 0.1) is 0 Å². The summed E-state index contributed by atoms with van der Waals surface area (Å²) in [5, 5.41) is 12.2. The van der Waals surface area contributed by atoms with Gasteiger partial charge >= 0.3 is 5.97 Å². The fourth-order valence-corrected chi connectivity index (χ4v) is 3.97. The molecule has 0 amide bonds. The predicted molar refractivity (Wildman–Crippen MR) is 89.7 cm³/mol. The molecule has 24 heavy (non-hydrogen) atoms. The molecule has 0 unspecified atom stereocenters. The third kappa shape index (κ3) is 2.91. The van der Waals surface area contributed by atoms with Crippen LogP contribution in [0.5, 0.6) is 0 Å². The molecule has 2 heterocycles. The van der Waals surface area contributed by atoms with E-state index in [9.17, 15) is 4.79 Å². The lowest BCUT2D eigenvalue weighted by atomic mass is 9.92. The van der Waals surface area contributed by atoms with Gasteiger partial charge in [0.15, 0.2) is 11.5 Å². The number of aromatic nitrogens is 4. The predicted octanol–water partition coefficient (Wildman–Crippen LogP) is 2.70. The summed E-state index contributed by atoms with van der Waals surface area (Å²) in [6, 6.07) is 0. The fraction of sp³-hybridized carbons (Fsp3) is 0.765. The molecule has 1 fully saturated rings. The van der Waals surface area contributed by atoms with Crippen LogP contribution in [-0.4, -0.2) is 44.7 Å². The molecule has 1 aliphatic carbocycles. The van der Waals surface area contributed by atoms with Crippen LogP contribution in [0.2, 0.25) is 0 Å². The zero-order valence-electron chi connectivity index (χ0n) is 14.7. The summed E-state index contributed by atoms with van der Waals surface area (Å²) in [5.41, 5.74) is 0.245. The lowest BCUT2D eigenvalue weighted by Crippen LogP contribution is -2.47. The molecule has 0 radical (unpaired) electrons. The molecule has 132 valence electrons. The molecule has 1 aliphatic heterocycles. The summed E-state index contributed by atoms with van der Waals surface area (Å²) >= 11 is 0. The first-order valence-electron chi connectivity index (χ1n) is 9.09. The number of esters is 1. The van der Waals surface area contributed by atoms with Crippen LogP contribution in [0.15, 0.2) is 6.20 Å². The van der Waals surface area contributed by atoms with E-state index in [0.29, 0.717) is 5.70 Å². The summed E-state index contributed by atoms with van der Waals surface area (Å²) < 4.78 is 6.50. The van der Waals surface area contributed by atoms with Gasteiger partial charge in [0.05, 0.1) is 7.11 Å². The zero-order valence-corrected chi connectivity index (χ0v) is 14.7. The number of unbranched alkanes of at least 4 members (excludes halogenated alkanes) is 4. The molecule has 0 atom stereocenters. The monoisotopic (exact) mass is 333 g/mol. The van der Waals surface area contributed by atoms with Crippen LogP contribution in [0.1, 0.15) is 70.5 Å². The highest BCUT2D eigenvalue weighted by Gasteiger charge is 2.48. The van der Waals surface area contributed by atoms with Crippen LogP contribution in [0.25, 0.3) is 5.70 Å². The molecule has 7 nitrogen and oxygen atoms in total. The maximum absolute atomic E-state index is 12.2. The van der Waals surface area contributed by atoms with Crippen LogP contribution in [0.3, 0.4) is 0 Å². The Labute approximate surface area is 143 Å². The van der Waals surface area contributed by atoms with Crippen LogP contribution >= 0.6 is 0 Å². The topological polar surface area (TPSA) is 73.1 Å². The van der Waals surface area contributed by atoms with Crippen LogP contribution in [0.4, 0.5) is 0 Å². The molecule has 0 aromatic carbocycles. The molecule has 3 rings (SSSR count). The van der Waals surface area contributed by atoms with Crippen molar-refractivity contribution in [3.63, 3.8) is 0 Å². The number of carbonyl (C=O) groups excluding carboxylic acids is 1. The molecule has 0 N–H and O–H groups in total. The van der Waals surface area contributed by atoms with E-state index in [1.807, 2.05) is 6.20 Å². The average Bonchev–Trinajstić information content (AvgIpc) is 3.26. The van der Waals surface area contributed by atoms with Crippen molar-refractivity contribution in [3.8, 4) is 0 Å². The quantitative estimate of drug-likeness (QED) is 0.564.